The lowest BCUT2D eigenvalue weighted by Crippen LogP contribution is -2.40. The van der Waals surface area contributed by atoms with E-state index in [4.69, 9.17) is 10.5 Å². The smallest absolute Gasteiger partial charge is 0.251 e. The van der Waals surface area contributed by atoms with Crippen molar-refractivity contribution in [1.29, 1.82) is 0 Å². The van der Waals surface area contributed by atoms with Crippen molar-refractivity contribution in [2.75, 3.05) is 20.2 Å². The molecule has 1 aromatic rings. The minimum atomic E-state index is -0.0528. The number of benzene rings is 1. The molecule has 1 aromatic carbocycles. The summed E-state index contributed by atoms with van der Waals surface area (Å²) in [4.78, 5) is 12.2. The Morgan fingerprint density at radius 1 is 1.40 bits per heavy atom. The molecular weight excluding hydrogens is 252 g/mol. The predicted octanol–water partition coefficient (Wildman–Crippen LogP) is 2.25. The number of amides is 1. The third-order valence-electron chi connectivity index (χ3n) is 4.39. The van der Waals surface area contributed by atoms with Gasteiger partial charge in [0.15, 0.2) is 0 Å². The average Bonchev–Trinajstić information content (AvgIpc) is 2.95. The molecule has 3 N–H and O–H groups in total. The lowest BCUT2D eigenvalue weighted by molar-refractivity contribution is 0.0932. The normalized spacial score (nSPS) is 16.9. The van der Waals surface area contributed by atoms with Gasteiger partial charge in [-0.25, -0.2) is 0 Å². The maximum atomic E-state index is 12.2. The van der Waals surface area contributed by atoms with Crippen molar-refractivity contribution in [2.45, 2.75) is 32.6 Å². The van der Waals surface area contributed by atoms with Gasteiger partial charge in [-0.3, -0.25) is 4.79 Å². The summed E-state index contributed by atoms with van der Waals surface area (Å²) in [6, 6.07) is 5.52. The average molecular weight is 276 g/mol. The maximum Gasteiger partial charge on any atom is 0.251 e. The summed E-state index contributed by atoms with van der Waals surface area (Å²) < 4.78 is 5.25. The van der Waals surface area contributed by atoms with Crippen LogP contribution in [0.25, 0.3) is 0 Å². The monoisotopic (exact) mass is 276 g/mol. The van der Waals surface area contributed by atoms with Crippen molar-refractivity contribution < 1.29 is 9.53 Å². The fourth-order valence-electron chi connectivity index (χ4n) is 2.91. The molecule has 0 aliphatic heterocycles. The SMILES string of the molecule is COc1cc(C(=O)NCC2(CN)CCCC2)ccc1C. The summed E-state index contributed by atoms with van der Waals surface area (Å²) in [6.45, 7) is 3.27. The van der Waals surface area contributed by atoms with Gasteiger partial charge in [-0.05, 0) is 49.4 Å². The number of ether oxygens (including phenoxy) is 1. The quantitative estimate of drug-likeness (QED) is 0.867. The first-order valence-electron chi connectivity index (χ1n) is 7.23. The molecule has 0 heterocycles. The first-order chi connectivity index (χ1) is 9.60. The second kappa shape index (κ2) is 6.27. The number of rotatable bonds is 5. The Balaban J connectivity index is 2.01. The van der Waals surface area contributed by atoms with E-state index in [9.17, 15) is 4.79 Å². The van der Waals surface area contributed by atoms with Gasteiger partial charge in [-0.2, -0.15) is 0 Å². The van der Waals surface area contributed by atoms with Crippen molar-refractivity contribution in [1.82, 2.24) is 5.32 Å². The van der Waals surface area contributed by atoms with E-state index in [1.54, 1.807) is 13.2 Å². The number of carbonyl (C=O) groups is 1. The molecule has 0 bridgehead atoms. The number of hydrogen-bond donors (Lipinski definition) is 2. The highest BCUT2D eigenvalue weighted by molar-refractivity contribution is 5.94. The highest BCUT2D eigenvalue weighted by Gasteiger charge is 2.32. The van der Waals surface area contributed by atoms with Crippen LogP contribution in [0, 0.1) is 12.3 Å². The zero-order valence-electron chi connectivity index (χ0n) is 12.4. The molecule has 1 amide bonds. The van der Waals surface area contributed by atoms with Crippen molar-refractivity contribution in [3.8, 4) is 5.75 Å². The number of hydrogen-bond acceptors (Lipinski definition) is 3. The highest BCUT2D eigenvalue weighted by Crippen LogP contribution is 2.36. The van der Waals surface area contributed by atoms with Gasteiger partial charge in [0.2, 0.25) is 0 Å². The van der Waals surface area contributed by atoms with Gasteiger partial charge in [0.1, 0.15) is 5.75 Å². The zero-order chi connectivity index (χ0) is 14.6. The summed E-state index contributed by atoms with van der Waals surface area (Å²) in [5.41, 5.74) is 7.65. The Hall–Kier alpha value is -1.55. The third kappa shape index (κ3) is 3.12. The van der Waals surface area contributed by atoms with E-state index in [0.29, 0.717) is 18.7 Å². The van der Waals surface area contributed by atoms with Gasteiger partial charge < -0.3 is 15.8 Å². The van der Waals surface area contributed by atoms with Gasteiger partial charge in [-0.1, -0.05) is 18.9 Å². The molecule has 1 aliphatic rings. The van der Waals surface area contributed by atoms with Crippen LogP contribution in [0.1, 0.15) is 41.6 Å². The Morgan fingerprint density at radius 3 is 2.70 bits per heavy atom. The molecule has 0 saturated heterocycles. The van der Waals surface area contributed by atoms with Gasteiger partial charge >= 0.3 is 0 Å². The topological polar surface area (TPSA) is 64.3 Å². The fourth-order valence-corrected chi connectivity index (χ4v) is 2.91. The van der Waals surface area contributed by atoms with Crippen LogP contribution < -0.4 is 15.8 Å². The molecule has 20 heavy (non-hydrogen) atoms. The van der Waals surface area contributed by atoms with Gasteiger partial charge in [0.05, 0.1) is 7.11 Å². The van der Waals surface area contributed by atoms with Crippen LogP contribution in [0.4, 0.5) is 0 Å². The zero-order valence-corrected chi connectivity index (χ0v) is 12.4. The van der Waals surface area contributed by atoms with E-state index in [1.165, 1.54) is 12.8 Å². The molecule has 0 aromatic heterocycles. The van der Waals surface area contributed by atoms with Crippen molar-refractivity contribution in [2.24, 2.45) is 11.1 Å². The Morgan fingerprint density at radius 2 is 2.10 bits per heavy atom. The molecule has 1 aliphatic carbocycles. The fraction of sp³-hybridized carbons (Fsp3) is 0.562. The Bertz CT molecular complexity index is 479. The van der Waals surface area contributed by atoms with E-state index in [0.717, 1.165) is 24.2 Å². The molecule has 0 atom stereocenters. The van der Waals surface area contributed by atoms with Crippen molar-refractivity contribution in [3.63, 3.8) is 0 Å². The van der Waals surface area contributed by atoms with E-state index < -0.39 is 0 Å². The number of methoxy groups -OCH3 is 1. The van der Waals surface area contributed by atoms with Gasteiger partial charge in [0, 0.05) is 12.1 Å². The Labute approximate surface area is 120 Å². The number of carbonyl (C=O) groups excluding carboxylic acids is 1. The van der Waals surface area contributed by atoms with E-state index in [2.05, 4.69) is 5.32 Å². The third-order valence-corrected chi connectivity index (χ3v) is 4.39. The van der Waals surface area contributed by atoms with Crippen LogP contribution in [0.15, 0.2) is 18.2 Å². The summed E-state index contributed by atoms with van der Waals surface area (Å²) in [5.74, 6) is 0.690. The van der Waals surface area contributed by atoms with Gasteiger partial charge in [-0.15, -0.1) is 0 Å². The molecule has 4 nitrogen and oxygen atoms in total. The second-order valence-corrected chi connectivity index (χ2v) is 5.78. The number of nitrogens with two attached hydrogens (primary N) is 1. The Kier molecular flexibility index (Phi) is 4.65. The van der Waals surface area contributed by atoms with Crippen LogP contribution in [-0.2, 0) is 0 Å². The molecule has 4 heteroatoms. The van der Waals surface area contributed by atoms with E-state index in [-0.39, 0.29) is 11.3 Å². The maximum absolute atomic E-state index is 12.2. The van der Waals surface area contributed by atoms with Crippen LogP contribution >= 0.6 is 0 Å². The summed E-state index contributed by atoms with van der Waals surface area (Å²) in [7, 11) is 1.62. The largest absolute Gasteiger partial charge is 0.496 e. The highest BCUT2D eigenvalue weighted by atomic mass is 16.5. The standard InChI is InChI=1S/C16H24N2O2/c1-12-5-6-13(9-14(12)20-2)15(19)18-11-16(10-17)7-3-4-8-16/h5-6,9H,3-4,7-8,10-11,17H2,1-2H3,(H,18,19). The lowest BCUT2D eigenvalue weighted by atomic mass is 9.86. The van der Waals surface area contributed by atoms with Crippen LogP contribution in [-0.4, -0.2) is 26.1 Å². The lowest BCUT2D eigenvalue weighted by Gasteiger charge is -2.27. The summed E-state index contributed by atoms with van der Waals surface area (Å²) in [6.07, 6.45) is 4.65. The molecule has 0 unspecified atom stereocenters. The second-order valence-electron chi connectivity index (χ2n) is 5.78. The molecular formula is C16H24N2O2. The molecule has 1 fully saturated rings. The van der Waals surface area contributed by atoms with Crippen LogP contribution in [0.5, 0.6) is 5.75 Å². The van der Waals surface area contributed by atoms with Crippen LogP contribution in [0.3, 0.4) is 0 Å². The molecule has 1 saturated carbocycles. The minimum Gasteiger partial charge on any atom is -0.496 e. The summed E-state index contributed by atoms with van der Waals surface area (Å²) >= 11 is 0. The summed E-state index contributed by atoms with van der Waals surface area (Å²) in [5, 5.41) is 3.03. The predicted molar refractivity (Wildman–Crippen MR) is 80.0 cm³/mol. The minimum absolute atomic E-state index is 0.0528. The molecule has 2 rings (SSSR count). The van der Waals surface area contributed by atoms with E-state index in [1.807, 2.05) is 19.1 Å². The van der Waals surface area contributed by atoms with Crippen molar-refractivity contribution in [3.05, 3.63) is 29.3 Å². The molecule has 0 spiro atoms. The first-order valence-corrected chi connectivity index (χ1v) is 7.23. The molecule has 110 valence electrons. The number of nitrogens with one attached hydrogen (secondary N) is 1. The molecule has 0 radical (unpaired) electrons. The van der Waals surface area contributed by atoms with Crippen LogP contribution in [0.2, 0.25) is 0 Å². The van der Waals surface area contributed by atoms with E-state index >= 15 is 0 Å². The van der Waals surface area contributed by atoms with Gasteiger partial charge in [0.25, 0.3) is 5.91 Å². The first kappa shape index (κ1) is 14.9. The van der Waals surface area contributed by atoms with Crippen molar-refractivity contribution >= 4 is 5.91 Å². The number of aryl methyl sites for hydroxylation is 1.